The van der Waals surface area contributed by atoms with Gasteiger partial charge in [-0.05, 0) is 24.3 Å². The molecule has 0 unspecified atom stereocenters. The highest BCUT2D eigenvalue weighted by atomic mass is 35.5. The topological polar surface area (TPSA) is 87.5 Å². The van der Waals surface area contributed by atoms with E-state index >= 15 is 0 Å². The lowest BCUT2D eigenvalue weighted by atomic mass is 10.1. The SMILES string of the molecule is O=C(O)C(=Cc1ccc2ccc(Cl)cc2n1)C(=O)O. The van der Waals surface area contributed by atoms with E-state index in [1.54, 1.807) is 30.3 Å². The molecular weight excluding hydrogens is 270 g/mol. The molecule has 1 aromatic heterocycles. The van der Waals surface area contributed by atoms with Crippen molar-refractivity contribution >= 4 is 40.5 Å². The Bertz CT molecular complexity index is 693. The summed E-state index contributed by atoms with van der Waals surface area (Å²) in [6.07, 6.45) is 1.00. The van der Waals surface area contributed by atoms with Gasteiger partial charge in [0.2, 0.25) is 0 Å². The summed E-state index contributed by atoms with van der Waals surface area (Å²) in [7, 11) is 0. The van der Waals surface area contributed by atoms with Crippen molar-refractivity contribution in [1.29, 1.82) is 0 Å². The van der Waals surface area contributed by atoms with Crippen LogP contribution in [0.5, 0.6) is 0 Å². The normalized spacial score (nSPS) is 10.2. The van der Waals surface area contributed by atoms with Crippen LogP contribution >= 0.6 is 11.6 Å². The number of nitrogens with zero attached hydrogens (tertiary/aromatic N) is 1. The van der Waals surface area contributed by atoms with Gasteiger partial charge in [0.1, 0.15) is 5.57 Å². The predicted octanol–water partition coefficient (Wildman–Crippen LogP) is 2.44. The summed E-state index contributed by atoms with van der Waals surface area (Å²) in [6, 6.07) is 8.36. The van der Waals surface area contributed by atoms with Crippen LogP contribution in [0.15, 0.2) is 35.9 Å². The summed E-state index contributed by atoms with van der Waals surface area (Å²) >= 11 is 5.83. The Labute approximate surface area is 112 Å². The Balaban J connectivity index is 2.54. The maximum Gasteiger partial charge on any atom is 0.343 e. The van der Waals surface area contributed by atoms with Crippen molar-refractivity contribution in [1.82, 2.24) is 4.98 Å². The number of hydrogen-bond acceptors (Lipinski definition) is 3. The molecular formula is C13H8ClNO4. The third-order valence-electron chi connectivity index (χ3n) is 2.43. The molecule has 0 spiro atoms. The van der Waals surface area contributed by atoms with E-state index in [2.05, 4.69) is 4.98 Å². The van der Waals surface area contributed by atoms with Crippen LogP contribution in [0, 0.1) is 0 Å². The first kappa shape index (κ1) is 13.0. The van der Waals surface area contributed by atoms with Gasteiger partial charge in [-0.25, -0.2) is 14.6 Å². The largest absolute Gasteiger partial charge is 0.477 e. The summed E-state index contributed by atoms with van der Waals surface area (Å²) in [5.41, 5.74) is 0.0693. The van der Waals surface area contributed by atoms with Crippen LogP contribution < -0.4 is 0 Å². The standard InChI is InChI=1S/C13H8ClNO4/c14-8-3-1-7-2-4-9(15-11(7)5-8)6-10(12(16)17)13(18)19/h1-6H,(H,16,17)(H,18,19). The summed E-state index contributed by atoms with van der Waals surface area (Å²) in [5, 5.41) is 18.9. The van der Waals surface area contributed by atoms with E-state index in [1.807, 2.05) is 0 Å². The van der Waals surface area contributed by atoms with Gasteiger partial charge in [-0.3, -0.25) is 0 Å². The fraction of sp³-hybridized carbons (Fsp3) is 0. The molecule has 0 saturated heterocycles. The molecule has 0 aliphatic carbocycles. The second kappa shape index (κ2) is 5.07. The van der Waals surface area contributed by atoms with Crippen molar-refractivity contribution < 1.29 is 19.8 Å². The lowest BCUT2D eigenvalue weighted by molar-refractivity contribution is -0.140. The minimum absolute atomic E-state index is 0.245. The fourth-order valence-electron chi connectivity index (χ4n) is 1.55. The molecule has 1 heterocycles. The van der Waals surface area contributed by atoms with Crippen molar-refractivity contribution in [2.75, 3.05) is 0 Å². The van der Waals surface area contributed by atoms with E-state index in [-0.39, 0.29) is 5.69 Å². The van der Waals surface area contributed by atoms with Crippen molar-refractivity contribution in [2.45, 2.75) is 0 Å². The van der Waals surface area contributed by atoms with Crippen molar-refractivity contribution in [3.8, 4) is 0 Å². The zero-order chi connectivity index (χ0) is 14.0. The number of carboxylic acid groups (broad SMARTS) is 2. The number of aromatic nitrogens is 1. The monoisotopic (exact) mass is 277 g/mol. The van der Waals surface area contributed by atoms with Gasteiger partial charge in [-0.1, -0.05) is 23.7 Å². The van der Waals surface area contributed by atoms with Gasteiger partial charge < -0.3 is 10.2 Å². The van der Waals surface area contributed by atoms with Gasteiger partial charge in [0.15, 0.2) is 0 Å². The molecule has 0 atom stereocenters. The van der Waals surface area contributed by atoms with Crippen LogP contribution in [0.3, 0.4) is 0 Å². The highest BCUT2D eigenvalue weighted by Gasteiger charge is 2.16. The molecule has 0 fully saturated rings. The number of benzene rings is 1. The zero-order valence-corrected chi connectivity index (χ0v) is 10.3. The lowest BCUT2D eigenvalue weighted by Gasteiger charge is -2.01. The maximum absolute atomic E-state index is 10.8. The zero-order valence-electron chi connectivity index (χ0n) is 9.50. The average Bonchev–Trinajstić information content (AvgIpc) is 2.34. The molecule has 0 amide bonds. The molecule has 1 aromatic carbocycles. The highest BCUT2D eigenvalue weighted by molar-refractivity contribution is 6.31. The minimum atomic E-state index is -1.51. The van der Waals surface area contributed by atoms with Gasteiger partial charge in [0, 0.05) is 10.4 Å². The second-order valence-electron chi connectivity index (χ2n) is 3.74. The molecule has 6 heteroatoms. The second-order valence-corrected chi connectivity index (χ2v) is 4.18. The summed E-state index contributed by atoms with van der Waals surface area (Å²) < 4.78 is 0. The van der Waals surface area contributed by atoms with Crippen LogP contribution in [0.1, 0.15) is 5.69 Å². The first-order valence-electron chi connectivity index (χ1n) is 5.22. The van der Waals surface area contributed by atoms with E-state index in [4.69, 9.17) is 21.8 Å². The number of carboxylic acids is 2. The molecule has 2 aromatic rings. The van der Waals surface area contributed by atoms with Gasteiger partial charge >= 0.3 is 11.9 Å². The Morgan fingerprint density at radius 3 is 2.37 bits per heavy atom. The van der Waals surface area contributed by atoms with Gasteiger partial charge in [-0.15, -0.1) is 0 Å². The first-order chi connectivity index (χ1) is 8.97. The average molecular weight is 278 g/mol. The summed E-state index contributed by atoms with van der Waals surface area (Å²) in [5.74, 6) is -3.03. The molecule has 0 bridgehead atoms. The van der Waals surface area contributed by atoms with Crippen molar-refractivity contribution in [3.05, 3.63) is 46.6 Å². The van der Waals surface area contributed by atoms with Crippen molar-refractivity contribution in [2.24, 2.45) is 0 Å². The minimum Gasteiger partial charge on any atom is -0.477 e. The number of fused-ring (bicyclic) bond motifs is 1. The van der Waals surface area contributed by atoms with Gasteiger partial charge in [0.05, 0.1) is 11.2 Å². The van der Waals surface area contributed by atoms with E-state index in [9.17, 15) is 9.59 Å². The number of halogens is 1. The third kappa shape index (κ3) is 2.89. The molecule has 0 radical (unpaired) electrons. The van der Waals surface area contributed by atoms with Crippen LogP contribution in [0.2, 0.25) is 5.02 Å². The number of aliphatic carboxylic acids is 2. The van der Waals surface area contributed by atoms with E-state index in [0.29, 0.717) is 10.5 Å². The number of hydrogen-bond donors (Lipinski definition) is 2. The Morgan fingerprint density at radius 2 is 1.74 bits per heavy atom. The van der Waals surface area contributed by atoms with E-state index in [1.165, 1.54) is 0 Å². The fourth-order valence-corrected chi connectivity index (χ4v) is 1.72. The molecule has 0 aliphatic heterocycles. The van der Waals surface area contributed by atoms with Crippen LogP contribution in [0.25, 0.3) is 17.0 Å². The predicted molar refractivity (Wildman–Crippen MR) is 70.0 cm³/mol. The Hall–Kier alpha value is -2.40. The van der Waals surface area contributed by atoms with E-state index < -0.39 is 17.5 Å². The molecule has 2 N–H and O–H groups in total. The van der Waals surface area contributed by atoms with Crippen LogP contribution in [-0.2, 0) is 9.59 Å². The summed E-state index contributed by atoms with van der Waals surface area (Å²) in [4.78, 5) is 25.7. The molecule has 96 valence electrons. The molecule has 2 rings (SSSR count). The van der Waals surface area contributed by atoms with Crippen molar-refractivity contribution in [3.63, 3.8) is 0 Å². The molecule has 19 heavy (non-hydrogen) atoms. The van der Waals surface area contributed by atoms with Gasteiger partial charge in [0.25, 0.3) is 0 Å². The number of carbonyl (C=O) groups is 2. The highest BCUT2D eigenvalue weighted by Crippen LogP contribution is 2.19. The van der Waals surface area contributed by atoms with Crippen LogP contribution in [-0.4, -0.2) is 27.1 Å². The Kier molecular flexibility index (Phi) is 3.48. The van der Waals surface area contributed by atoms with Crippen LogP contribution in [0.4, 0.5) is 0 Å². The quantitative estimate of drug-likeness (QED) is 0.511. The first-order valence-corrected chi connectivity index (χ1v) is 5.60. The smallest absolute Gasteiger partial charge is 0.343 e. The molecule has 0 aliphatic rings. The number of pyridine rings is 1. The summed E-state index contributed by atoms with van der Waals surface area (Å²) in [6.45, 7) is 0. The van der Waals surface area contributed by atoms with E-state index in [0.717, 1.165) is 11.5 Å². The van der Waals surface area contributed by atoms with Gasteiger partial charge in [-0.2, -0.15) is 0 Å². The maximum atomic E-state index is 10.8. The molecule has 0 saturated carbocycles. The Morgan fingerprint density at radius 1 is 1.11 bits per heavy atom. The lowest BCUT2D eigenvalue weighted by Crippen LogP contribution is -2.11. The molecule has 5 nitrogen and oxygen atoms in total. The number of rotatable bonds is 3. The third-order valence-corrected chi connectivity index (χ3v) is 2.66.